The van der Waals surface area contributed by atoms with Crippen LogP contribution in [0, 0.1) is 0 Å². The summed E-state index contributed by atoms with van der Waals surface area (Å²) >= 11 is 0. The molecule has 0 radical (unpaired) electrons. The van der Waals surface area contributed by atoms with Gasteiger partial charge in [0.1, 0.15) is 11.9 Å². The molecule has 5 heteroatoms. The number of ether oxygens (including phenoxy) is 2. The Hall–Kier alpha value is -2.56. The molecule has 130 valence electrons. The summed E-state index contributed by atoms with van der Waals surface area (Å²) in [7, 11) is 0. The number of hydrogen-bond donors (Lipinski definition) is 0. The first-order valence-electron chi connectivity index (χ1n) is 8.86. The van der Waals surface area contributed by atoms with E-state index < -0.39 is 0 Å². The lowest BCUT2D eigenvalue weighted by Gasteiger charge is -2.38. The first kappa shape index (κ1) is 15.9. The van der Waals surface area contributed by atoms with Crippen LogP contribution in [0.2, 0.25) is 0 Å². The molecule has 2 aliphatic heterocycles. The Morgan fingerprint density at radius 2 is 1.76 bits per heavy atom. The lowest BCUT2D eigenvalue weighted by Crippen LogP contribution is -2.50. The third-order valence-electron chi connectivity index (χ3n) is 5.01. The minimum absolute atomic E-state index is 0.0765. The number of carbonyl (C=O) groups is 1. The zero-order chi connectivity index (χ0) is 17.1. The van der Waals surface area contributed by atoms with Crippen LogP contribution in [0.15, 0.2) is 54.7 Å². The van der Waals surface area contributed by atoms with Crippen LogP contribution in [0.3, 0.4) is 0 Å². The molecule has 5 nitrogen and oxygen atoms in total. The van der Waals surface area contributed by atoms with Crippen LogP contribution in [0.4, 0.5) is 0 Å². The van der Waals surface area contributed by atoms with Crippen LogP contribution >= 0.6 is 0 Å². The van der Waals surface area contributed by atoms with Crippen LogP contribution in [0.25, 0.3) is 0 Å². The van der Waals surface area contributed by atoms with Crippen molar-refractivity contribution < 1.29 is 14.3 Å². The van der Waals surface area contributed by atoms with Crippen molar-refractivity contribution in [2.75, 3.05) is 6.61 Å². The molecule has 0 spiro atoms. The molecular formula is C20H22N2O3. The normalized spacial score (nSPS) is 24.8. The zero-order valence-electron chi connectivity index (χ0n) is 14.1. The monoisotopic (exact) mass is 338 g/mol. The smallest absolute Gasteiger partial charge is 0.261 e. The maximum atomic E-state index is 12.6. The van der Waals surface area contributed by atoms with Gasteiger partial charge < -0.3 is 14.4 Å². The molecule has 4 rings (SSSR count). The molecule has 2 atom stereocenters. The van der Waals surface area contributed by atoms with E-state index in [4.69, 9.17) is 9.47 Å². The topological polar surface area (TPSA) is 51.7 Å². The van der Waals surface area contributed by atoms with Gasteiger partial charge in [-0.1, -0.05) is 24.3 Å². The van der Waals surface area contributed by atoms with Gasteiger partial charge in [-0.25, -0.2) is 4.98 Å². The van der Waals surface area contributed by atoms with Gasteiger partial charge in [0, 0.05) is 37.2 Å². The summed E-state index contributed by atoms with van der Waals surface area (Å²) in [6, 6.07) is 15.7. The molecular weight excluding hydrogens is 316 g/mol. The van der Waals surface area contributed by atoms with Gasteiger partial charge in [-0.3, -0.25) is 4.79 Å². The van der Waals surface area contributed by atoms with Crippen molar-refractivity contribution >= 4 is 5.91 Å². The number of carbonyl (C=O) groups excluding carboxylic acids is 1. The Kier molecular flexibility index (Phi) is 4.55. The molecule has 2 unspecified atom stereocenters. The fourth-order valence-corrected chi connectivity index (χ4v) is 3.95. The highest BCUT2D eigenvalue weighted by Gasteiger charge is 2.44. The minimum atomic E-state index is 0.0765. The number of rotatable bonds is 5. The lowest BCUT2D eigenvalue weighted by atomic mass is 9.99. The zero-order valence-corrected chi connectivity index (χ0v) is 14.1. The van der Waals surface area contributed by atoms with Gasteiger partial charge in [0.05, 0.1) is 0 Å². The summed E-state index contributed by atoms with van der Waals surface area (Å²) in [6.45, 7) is 0.1000. The molecule has 2 aromatic rings. The summed E-state index contributed by atoms with van der Waals surface area (Å²) in [6.07, 6.45) is 5.69. The number of benzene rings is 1. The van der Waals surface area contributed by atoms with Gasteiger partial charge in [0.15, 0.2) is 6.61 Å². The fourth-order valence-electron chi connectivity index (χ4n) is 3.95. The van der Waals surface area contributed by atoms with Crippen molar-refractivity contribution in [3.63, 3.8) is 0 Å². The molecule has 2 fully saturated rings. The Bertz CT molecular complexity index is 693. The van der Waals surface area contributed by atoms with Crippen molar-refractivity contribution in [3.8, 4) is 11.6 Å². The maximum absolute atomic E-state index is 12.6. The van der Waals surface area contributed by atoms with Crippen molar-refractivity contribution in [2.45, 2.75) is 43.9 Å². The third kappa shape index (κ3) is 3.60. The summed E-state index contributed by atoms with van der Waals surface area (Å²) in [5, 5.41) is 0. The summed E-state index contributed by atoms with van der Waals surface area (Å²) < 4.78 is 11.6. The summed E-state index contributed by atoms with van der Waals surface area (Å²) in [5.74, 6) is 1.48. The van der Waals surface area contributed by atoms with Gasteiger partial charge in [0.25, 0.3) is 5.91 Å². The molecule has 1 aromatic heterocycles. The molecule has 1 aromatic carbocycles. The highest BCUT2D eigenvalue weighted by atomic mass is 16.5. The summed E-state index contributed by atoms with van der Waals surface area (Å²) in [4.78, 5) is 18.9. The second-order valence-corrected chi connectivity index (χ2v) is 6.67. The van der Waals surface area contributed by atoms with E-state index in [-0.39, 0.29) is 30.7 Å². The fraction of sp³-hybridized carbons (Fsp3) is 0.400. The number of aromatic nitrogens is 1. The third-order valence-corrected chi connectivity index (χ3v) is 5.01. The molecule has 0 saturated carbocycles. The average Bonchev–Trinajstić information content (AvgIpc) is 2.92. The van der Waals surface area contributed by atoms with E-state index in [1.807, 2.05) is 53.4 Å². The predicted molar refractivity (Wildman–Crippen MR) is 93.5 cm³/mol. The van der Waals surface area contributed by atoms with Crippen LogP contribution in [0.5, 0.6) is 11.6 Å². The van der Waals surface area contributed by atoms with Crippen molar-refractivity contribution in [2.24, 2.45) is 0 Å². The second-order valence-electron chi connectivity index (χ2n) is 6.67. The Labute approximate surface area is 147 Å². The van der Waals surface area contributed by atoms with E-state index in [1.165, 1.54) is 0 Å². The van der Waals surface area contributed by atoms with Crippen LogP contribution in [0.1, 0.15) is 25.7 Å². The van der Waals surface area contributed by atoms with Gasteiger partial charge in [0.2, 0.25) is 5.88 Å². The number of fused-ring (bicyclic) bond motifs is 2. The standard InChI is InChI=1S/C20H22N2O3/c23-20(14-24-17-6-2-1-3-7-17)22-15-9-10-16(22)13-18(12-15)25-19-8-4-5-11-21-19/h1-8,11,15-16,18H,9-10,12-14H2. The average molecular weight is 338 g/mol. The molecule has 0 N–H and O–H groups in total. The van der Waals surface area contributed by atoms with Crippen LogP contribution in [-0.2, 0) is 4.79 Å². The van der Waals surface area contributed by atoms with Gasteiger partial charge in [-0.15, -0.1) is 0 Å². The van der Waals surface area contributed by atoms with Crippen molar-refractivity contribution in [1.82, 2.24) is 9.88 Å². The number of piperidine rings is 1. The predicted octanol–water partition coefficient (Wildman–Crippen LogP) is 3.06. The van der Waals surface area contributed by atoms with Gasteiger partial charge in [-0.2, -0.15) is 0 Å². The van der Waals surface area contributed by atoms with E-state index in [1.54, 1.807) is 6.20 Å². The Morgan fingerprint density at radius 3 is 2.44 bits per heavy atom. The first-order valence-corrected chi connectivity index (χ1v) is 8.86. The molecule has 0 aliphatic carbocycles. The van der Waals surface area contributed by atoms with E-state index >= 15 is 0 Å². The first-order chi connectivity index (χ1) is 12.3. The number of pyridine rings is 1. The summed E-state index contributed by atoms with van der Waals surface area (Å²) in [5.41, 5.74) is 0. The molecule has 2 bridgehead atoms. The van der Waals surface area contributed by atoms with E-state index in [2.05, 4.69) is 4.98 Å². The van der Waals surface area contributed by atoms with E-state index in [9.17, 15) is 4.79 Å². The van der Waals surface area contributed by atoms with Gasteiger partial charge in [-0.05, 0) is 31.0 Å². The second kappa shape index (κ2) is 7.13. The molecule has 2 saturated heterocycles. The minimum Gasteiger partial charge on any atom is -0.484 e. The van der Waals surface area contributed by atoms with Crippen molar-refractivity contribution in [3.05, 3.63) is 54.7 Å². The van der Waals surface area contributed by atoms with Crippen molar-refractivity contribution in [1.29, 1.82) is 0 Å². The number of hydrogen-bond acceptors (Lipinski definition) is 4. The lowest BCUT2D eigenvalue weighted by molar-refractivity contribution is -0.139. The maximum Gasteiger partial charge on any atom is 0.261 e. The van der Waals surface area contributed by atoms with E-state index in [0.29, 0.717) is 5.88 Å². The highest BCUT2D eigenvalue weighted by molar-refractivity contribution is 5.79. The SMILES string of the molecule is O=C(COc1ccccc1)N1C2CCC1CC(Oc1ccccn1)C2. The molecule has 25 heavy (non-hydrogen) atoms. The number of amides is 1. The quantitative estimate of drug-likeness (QED) is 0.841. The number of para-hydroxylation sites is 1. The van der Waals surface area contributed by atoms with Gasteiger partial charge >= 0.3 is 0 Å². The van der Waals surface area contributed by atoms with Crippen LogP contribution in [-0.4, -0.2) is 40.6 Å². The number of nitrogens with zero attached hydrogens (tertiary/aromatic N) is 2. The highest BCUT2D eigenvalue weighted by Crippen LogP contribution is 2.37. The Balaban J connectivity index is 1.34. The van der Waals surface area contributed by atoms with Crippen LogP contribution < -0.4 is 9.47 Å². The molecule has 1 amide bonds. The largest absolute Gasteiger partial charge is 0.484 e. The molecule has 2 aliphatic rings. The van der Waals surface area contributed by atoms with E-state index in [0.717, 1.165) is 31.4 Å². The Morgan fingerprint density at radius 1 is 1.04 bits per heavy atom. The molecule has 3 heterocycles.